The minimum Gasteiger partial charge on any atom is -0.393 e. The summed E-state index contributed by atoms with van der Waals surface area (Å²) in [5.41, 5.74) is 6.86. The second-order valence-electron chi connectivity index (χ2n) is 4.48. The number of pyridine rings is 1. The zero-order chi connectivity index (χ0) is 13.7. The van der Waals surface area contributed by atoms with Crippen molar-refractivity contribution >= 4 is 23.1 Å². The first kappa shape index (κ1) is 14.6. The number of thiocarbonyl (C=S) groups is 1. The van der Waals surface area contributed by atoms with Gasteiger partial charge in [0.05, 0.1) is 4.99 Å². The van der Waals surface area contributed by atoms with Crippen molar-refractivity contribution in [1.29, 1.82) is 0 Å². The standard InChI is InChI=1S/C13H19N3OS/c1-9(2)16(8-6-11(14)18)13(17)12-10(3)5-4-7-15-12/h4-5,7,9H,6,8H2,1-3H3,(H2,14,18). The minimum absolute atomic E-state index is 0.0700. The monoisotopic (exact) mass is 265 g/mol. The van der Waals surface area contributed by atoms with Gasteiger partial charge in [-0.05, 0) is 32.4 Å². The first-order valence-corrected chi connectivity index (χ1v) is 6.35. The minimum atomic E-state index is -0.0700. The highest BCUT2D eigenvalue weighted by Gasteiger charge is 2.21. The molecule has 0 spiro atoms. The summed E-state index contributed by atoms with van der Waals surface area (Å²) in [5.74, 6) is -0.0700. The molecule has 0 unspecified atom stereocenters. The van der Waals surface area contributed by atoms with E-state index in [4.69, 9.17) is 18.0 Å². The molecule has 0 fully saturated rings. The maximum Gasteiger partial charge on any atom is 0.272 e. The van der Waals surface area contributed by atoms with Gasteiger partial charge in [-0.2, -0.15) is 0 Å². The molecule has 0 saturated heterocycles. The molecule has 0 aliphatic heterocycles. The molecule has 5 heteroatoms. The Morgan fingerprint density at radius 3 is 2.72 bits per heavy atom. The molecule has 0 aliphatic carbocycles. The van der Waals surface area contributed by atoms with Gasteiger partial charge in [-0.15, -0.1) is 0 Å². The van der Waals surface area contributed by atoms with Gasteiger partial charge in [0.2, 0.25) is 0 Å². The fourth-order valence-electron chi connectivity index (χ4n) is 1.67. The predicted molar refractivity (Wildman–Crippen MR) is 76.5 cm³/mol. The van der Waals surface area contributed by atoms with Crippen molar-refractivity contribution in [1.82, 2.24) is 9.88 Å². The van der Waals surface area contributed by atoms with Crippen LogP contribution in [0.1, 0.15) is 36.3 Å². The van der Waals surface area contributed by atoms with Gasteiger partial charge < -0.3 is 10.6 Å². The third-order valence-electron chi connectivity index (χ3n) is 2.70. The van der Waals surface area contributed by atoms with Crippen molar-refractivity contribution in [3.05, 3.63) is 29.6 Å². The van der Waals surface area contributed by atoms with Crippen LogP contribution in [0.3, 0.4) is 0 Å². The van der Waals surface area contributed by atoms with Crippen LogP contribution >= 0.6 is 12.2 Å². The summed E-state index contributed by atoms with van der Waals surface area (Å²) in [4.78, 5) is 18.7. The van der Waals surface area contributed by atoms with Crippen LogP contribution in [0.25, 0.3) is 0 Å². The molecule has 1 amide bonds. The molecular weight excluding hydrogens is 246 g/mol. The Labute approximate surface area is 113 Å². The van der Waals surface area contributed by atoms with Crippen LogP contribution < -0.4 is 5.73 Å². The lowest BCUT2D eigenvalue weighted by atomic mass is 10.1. The van der Waals surface area contributed by atoms with Gasteiger partial charge in [0.15, 0.2) is 0 Å². The second-order valence-corrected chi connectivity index (χ2v) is 5.00. The van der Waals surface area contributed by atoms with Gasteiger partial charge in [0, 0.05) is 25.2 Å². The van der Waals surface area contributed by atoms with E-state index >= 15 is 0 Å². The van der Waals surface area contributed by atoms with Gasteiger partial charge in [0.1, 0.15) is 5.69 Å². The quantitative estimate of drug-likeness (QED) is 0.826. The average molecular weight is 265 g/mol. The van der Waals surface area contributed by atoms with Crippen molar-refractivity contribution in [2.24, 2.45) is 5.73 Å². The smallest absolute Gasteiger partial charge is 0.272 e. The molecule has 0 atom stereocenters. The Bertz CT molecular complexity index is 446. The fraction of sp³-hybridized carbons (Fsp3) is 0.462. The Morgan fingerprint density at radius 1 is 1.56 bits per heavy atom. The van der Waals surface area contributed by atoms with Crippen LogP contribution in [0.5, 0.6) is 0 Å². The van der Waals surface area contributed by atoms with E-state index in [1.165, 1.54) is 0 Å². The van der Waals surface area contributed by atoms with Gasteiger partial charge in [-0.3, -0.25) is 9.78 Å². The third kappa shape index (κ3) is 3.77. The lowest BCUT2D eigenvalue weighted by molar-refractivity contribution is 0.0705. The fourth-order valence-corrected chi connectivity index (χ4v) is 1.76. The summed E-state index contributed by atoms with van der Waals surface area (Å²) < 4.78 is 0. The average Bonchev–Trinajstić information content (AvgIpc) is 2.28. The number of carbonyl (C=O) groups is 1. The third-order valence-corrected chi connectivity index (χ3v) is 2.90. The summed E-state index contributed by atoms with van der Waals surface area (Å²) >= 11 is 4.85. The highest BCUT2D eigenvalue weighted by Crippen LogP contribution is 2.11. The normalized spacial score (nSPS) is 10.4. The molecule has 0 aliphatic rings. The van der Waals surface area contributed by atoms with Crippen LogP contribution in [0.15, 0.2) is 18.3 Å². The molecule has 4 nitrogen and oxygen atoms in total. The lowest BCUT2D eigenvalue weighted by Gasteiger charge is -2.26. The molecule has 0 radical (unpaired) electrons. The molecule has 1 heterocycles. The lowest BCUT2D eigenvalue weighted by Crippen LogP contribution is -2.39. The van der Waals surface area contributed by atoms with Gasteiger partial charge in [0.25, 0.3) is 5.91 Å². The number of carbonyl (C=O) groups excluding carboxylic acids is 1. The summed E-state index contributed by atoms with van der Waals surface area (Å²) in [7, 11) is 0. The summed E-state index contributed by atoms with van der Waals surface area (Å²) in [5, 5.41) is 0. The molecule has 1 aromatic rings. The number of nitrogens with zero attached hydrogens (tertiary/aromatic N) is 2. The maximum atomic E-state index is 12.4. The number of nitrogens with two attached hydrogens (primary N) is 1. The molecule has 0 aromatic carbocycles. The van der Waals surface area contributed by atoms with Gasteiger partial charge in [-0.25, -0.2) is 0 Å². The van der Waals surface area contributed by atoms with Crippen LogP contribution in [0, 0.1) is 6.92 Å². The van der Waals surface area contributed by atoms with Crippen LogP contribution in [-0.2, 0) is 0 Å². The number of hydrogen-bond acceptors (Lipinski definition) is 3. The van der Waals surface area contributed by atoms with Gasteiger partial charge >= 0.3 is 0 Å². The largest absolute Gasteiger partial charge is 0.393 e. The Hall–Kier alpha value is -1.49. The van der Waals surface area contributed by atoms with E-state index in [1.807, 2.05) is 32.9 Å². The van der Waals surface area contributed by atoms with Crippen LogP contribution in [-0.4, -0.2) is 33.4 Å². The molecule has 0 saturated carbocycles. The first-order chi connectivity index (χ1) is 8.43. The maximum absolute atomic E-state index is 12.4. The molecular formula is C13H19N3OS. The second kappa shape index (κ2) is 6.44. The molecule has 1 aromatic heterocycles. The summed E-state index contributed by atoms with van der Waals surface area (Å²) in [6, 6.07) is 3.79. The molecule has 0 bridgehead atoms. The highest BCUT2D eigenvalue weighted by molar-refractivity contribution is 7.80. The van der Waals surface area contributed by atoms with E-state index in [1.54, 1.807) is 11.1 Å². The predicted octanol–water partition coefficient (Wildman–Crippen LogP) is 1.92. The molecule has 2 N–H and O–H groups in total. The number of hydrogen-bond donors (Lipinski definition) is 1. The number of amides is 1. The van der Waals surface area contributed by atoms with E-state index < -0.39 is 0 Å². The Morgan fingerprint density at radius 2 is 2.22 bits per heavy atom. The Kier molecular flexibility index (Phi) is 5.22. The van der Waals surface area contributed by atoms with Crippen molar-refractivity contribution in [2.45, 2.75) is 33.2 Å². The SMILES string of the molecule is Cc1cccnc1C(=O)N(CCC(N)=S)C(C)C. The zero-order valence-corrected chi connectivity index (χ0v) is 11.8. The van der Waals surface area contributed by atoms with Crippen LogP contribution in [0.4, 0.5) is 0 Å². The Balaban J connectivity index is 2.90. The zero-order valence-electron chi connectivity index (χ0n) is 11.0. The van der Waals surface area contributed by atoms with Crippen molar-refractivity contribution in [3.8, 4) is 0 Å². The molecule has 1 rings (SSSR count). The van der Waals surface area contributed by atoms with E-state index in [0.717, 1.165) is 5.56 Å². The highest BCUT2D eigenvalue weighted by atomic mass is 32.1. The van der Waals surface area contributed by atoms with Crippen molar-refractivity contribution < 1.29 is 4.79 Å². The van der Waals surface area contributed by atoms with Crippen molar-refractivity contribution in [2.75, 3.05) is 6.54 Å². The summed E-state index contributed by atoms with van der Waals surface area (Å²) in [6.07, 6.45) is 2.16. The van der Waals surface area contributed by atoms with E-state index in [9.17, 15) is 4.79 Å². The molecule has 98 valence electrons. The topological polar surface area (TPSA) is 59.2 Å². The van der Waals surface area contributed by atoms with Crippen LogP contribution in [0.2, 0.25) is 0 Å². The van der Waals surface area contributed by atoms with Gasteiger partial charge in [-0.1, -0.05) is 18.3 Å². The van der Waals surface area contributed by atoms with E-state index in [-0.39, 0.29) is 11.9 Å². The first-order valence-electron chi connectivity index (χ1n) is 5.94. The van der Waals surface area contributed by atoms with E-state index in [2.05, 4.69) is 4.98 Å². The number of aromatic nitrogens is 1. The summed E-state index contributed by atoms with van der Waals surface area (Å²) in [6.45, 7) is 6.35. The van der Waals surface area contributed by atoms with E-state index in [0.29, 0.717) is 23.6 Å². The molecule has 18 heavy (non-hydrogen) atoms. The number of aryl methyl sites for hydroxylation is 1. The number of rotatable bonds is 5. The van der Waals surface area contributed by atoms with Crippen molar-refractivity contribution in [3.63, 3.8) is 0 Å².